The molecule has 7 rings (SSSR count). The van der Waals surface area contributed by atoms with Gasteiger partial charge in [-0.2, -0.15) is 5.01 Å². The van der Waals surface area contributed by atoms with E-state index in [0.717, 1.165) is 32.5 Å². The Hall–Kier alpha value is -4.83. The molecule has 0 aliphatic carbocycles. The number of urea groups is 1. The van der Waals surface area contributed by atoms with Crippen LogP contribution >= 0.6 is 34.5 Å². The molecular formula is C33H33Cl2N11O3S. The van der Waals surface area contributed by atoms with Crippen molar-refractivity contribution < 1.29 is 14.4 Å². The molecule has 4 N–H and O–H groups in total. The number of carbonyl (C=O) groups excluding carboxylic acids is 3. The maximum absolute atomic E-state index is 14.4. The minimum atomic E-state index is -0.813. The van der Waals surface area contributed by atoms with Crippen LogP contribution in [0.5, 0.6) is 0 Å². The van der Waals surface area contributed by atoms with Crippen molar-refractivity contribution >= 4 is 67.7 Å². The first kappa shape index (κ1) is 33.7. The number of rotatable bonds is 10. The molecule has 2 aliphatic rings. The molecule has 0 bridgehead atoms. The zero-order valence-electron chi connectivity index (χ0n) is 26.9. The van der Waals surface area contributed by atoms with Gasteiger partial charge in [0.2, 0.25) is 11.8 Å². The summed E-state index contributed by atoms with van der Waals surface area (Å²) < 4.78 is 0.926. The average Bonchev–Trinajstić information content (AvgIpc) is 3.85. The second-order valence-corrected chi connectivity index (χ2v) is 14.0. The van der Waals surface area contributed by atoms with Crippen molar-refractivity contribution in [3.63, 3.8) is 0 Å². The Kier molecular flexibility index (Phi) is 9.55. The molecule has 4 heterocycles. The third-order valence-electron chi connectivity index (χ3n) is 8.86. The van der Waals surface area contributed by atoms with Crippen molar-refractivity contribution in [2.75, 3.05) is 25.4 Å². The minimum Gasteiger partial charge on any atom is -0.375 e. The fraction of sp³-hybridized carbons (Fsp3) is 0.303. The highest BCUT2D eigenvalue weighted by Gasteiger charge is 2.52. The van der Waals surface area contributed by atoms with Gasteiger partial charge in [-0.1, -0.05) is 83.9 Å². The van der Waals surface area contributed by atoms with E-state index >= 15 is 0 Å². The fourth-order valence-corrected chi connectivity index (χ4v) is 7.63. The van der Waals surface area contributed by atoms with E-state index in [1.54, 1.807) is 38.0 Å². The van der Waals surface area contributed by atoms with E-state index < -0.39 is 12.2 Å². The highest BCUT2D eigenvalue weighted by atomic mass is 35.5. The second kappa shape index (κ2) is 14.2. The molecule has 0 unspecified atom stereocenters. The molecule has 2 atom stereocenters. The fourth-order valence-electron chi connectivity index (χ4n) is 6.53. The molecule has 2 saturated heterocycles. The van der Waals surface area contributed by atoms with Crippen molar-refractivity contribution in [3.8, 4) is 11.4 Å². The zero-order valence-corrected chi connectivity index (χ0v) is 29.3. The molecule has 4 amide bonds. The number of thiazole rings is 1. The van der Waals surface area contributed by atoms with Crippen LogP contribution in [0.15, 0.2) is 60.7 Å². The number of nitrogen functional groups attached to an aromatic ring is 1. The molecule has 2 aromatic heterocycles. The highest BCUT2D eigenvalue weighted by molar-refractivity contribution is 7.22. The summed E-state index contributed by atoms with van der Waals surface area (Å²) in [5, 5.41) is 21.6. The Labute approximate surface area is 301 Å². The van der Waals surface area contributed by atoms with Crippen LogP contribution in [-0.2, 0) is 29.1 Å². The van der Waals surface area contributed by atoms with Gasteiger partial charge in [0.15, 0.2) is 11.0 Å². The second-order valence-electron chi connectivity index (χ2n) is 12.1. The summed E-state index contributed by atoms with van der Waals surface area (Å²) in [6.07, 6.45) is 0.321. The number of carbonyl (C=O) groups is 3. The summed E-state index contributed by atoms with van der Waals surface area (Å²) >= 11 is 13.7. The molecule has 0 saturated carbocycles. The van der Waals surface area contributed by atoms with Gasteiger partial charge in [-0.3, -0.25) is 14.6 Å². The predicted octanol–water partition coefficient (Wildman–Crippen LogP) is 4.33. The largest absolute Gasteiger partial charge is 0.375 e. The van der Waals surface area contributed by atoms with Gasteiger partial charge >= 0.3 is 6.03 Å². The Morgan fingerprint density at radius 2 is 1.90 bits per heavy atom. The van der Waals surface area contributed by atoms with E-state index in [2.05, 4.69) is 30.9 Å². The molecule has 14 nitrogen and oxygen atoms in total. The molecule has 258 valence electrons. The number of piperazine rings is 1. The average molecular weight is 735 g/mol. The molecule has 0 spiro atoms. The Morgan fingerprint density at radius 1 is 1.10 bits per heavy atom. The van der Waals surface area contributed by atoms with Gasteiger partial charge in [-0.05, 0) is 51.7 Å². The van der Waals surface area contributed by atoms with Crippen LogP contribution in [0.25, 0.3) is 21.6 Å². The Morgan fingerprint density at radius 3 is 2.64 bits per heavy atom. The van der Waals surface area contributed by atoms with Crippen molar-refractivity contribution in [1.82, 2.24) is 50.7 Å². The summed E-state index contributed by atoms with van der Waals surface area (Å²) in [5.41, 5.74) is 10.1. The van der Waals surface area contributed by atoms with E-state index in [4.69, 9.17) is 28.9 Å². The van der Waals surface area contributed by atoms with Gasteiger partial charge in [0.05, 0.1) is 33.4 Å². The lowest BCUT2D eigenvalue weighted by Gasteiger charge is -2.46. The highest BCUT2D eigenvalue weighted by Crippen LogP contribution is 2.33. The van der Waals surface area contributed by atoms with Crippen molar-refractivity contribution in [1.29, 1.82) is 0 Å². The van der Waals surface area contributed by atoms with Crippen LogP contribution in [0.1, 0.15) is 30.0 Å². The molecular weight excluding hydrogens is 701 g/mol. The molecule has 17 heteroatoms. The first-order valence-corrected chi connectivity index (χ1v) is 17.6. The van der Waals surface area contributed by atoms with Gasteiger partial charge in [-0.25, -0.2) is 14.9 Å². The number of H-pyrrole nitrogens is 1. The summed E-state index contributed by atoms with van der Waals surface area (Å²) in [7, 11) is 0. The number of halogens is 2. The predicted molar refractivity (Wildman–Crippen MR) is 190 cm³/mol. The van der Waals surface area contributed by atoms with Crippen molar-refractivity contribution in [2.24, 2.45) is 0 Å². The first-order chi connectivity index (χ1) is 24.2. The van der Waals surface area contributed by atoms with Gasteiger partial charge in [0.1, 0.15) is 12.2 Å². The van der Waals surface area contributed by atoms with E-state index in [-0.39, 0.29) is 50.4 Å². The summed E-state index contributed by atoms with van der Waals surface area (Å²) in [5.74, 6) is 0.101. The molecule has 2 fully saturated rings. The van der Waals surface area contributed by atoms with Gasteiger partial charge in [0, 0.05) is 31.6 Å². The summed E-state index contributed by atoms with van der Waals surface area (Å²) in [6, 6.07) is 17.3. The van der Waals surface area contributed by atoms with Crippen molar-refractivity contribution in [3.05, 3.63) is 87.4 Å². The van der Waals surface area contributed by atoms with Gasteiger partial charge in [0.25, 0.3) is 0 Å². The number of benzene rings is 3. The lowest BCUT2D eigenvalue weighted by molar-refractivity contribution is -0.157. The topological polar surface area (TPSA) is 170 Å². The number of aromatic nitrogens is 5. The lowest BCUT2D eigenvalue weighted by atomic mass is 9.99. The number of tetrazole rings is 1. The number of anilines is 1. The van der Waals surface area contributed by atoms with E-state index in [1.165, 1.54) is 11.3 Å². The quantitative estimate of drug-likeness (QED) is 0.189. The maximum atomic E-state index is 14.4. The Bertz CT molecular complexity index is 2040. The number of fused-ring (bicyclic) bond motifs is 2. The van der Waals surface area contributed by atoms with Gasteiger partial charge in [-0.15, -0.1) is 5.10 Å². The number of hydrazine groups is 1. The third-order valence-corrected chi connectivity index (χ3v) is 10.4. The Balaban J connectivity index is 1.18. The number of nitrogens with one attached hydrogen (secondary N) is 2. The number of nitrogens with two attached hydrogens (primary N) is 1. The SMILES string of the molecule is CCCN(C(=O)NCc1ccc(Cl)c(Cl)c1)N1CC(=O)N2[C@@H](Cc3ccc(-c4nnn[nH]4)cc3)C(=O)N(Cc3cccc4sc(N)nc34)C[C@@H]21. The molecule has 3 aromatic carbocycles. The van der Waals surface area contributed by atoms with Crippen LogP contribution in [0.2, 0.25) is 10.0 Å². The van der Waals surface area contributed by atoms with E-state index in [9.17, 15) is 14.4 Å². The van der Waals surface area contributed by atoms with E-state index in [0.29, 0.717) is 34.0 Å². The summed E-state index contributed by atoms with van der Waals surface area (Å²) in [4.78, 5) is 50.0. The maximum Gasteiger partial charge on any atom is 0.332 e. The molecule has 2 aliphatic heterocycles. The van der Waals surface area contributed by atoms with Gasteiger partial charge < -0.3 is 20.9 Å². The standard InChI is InChI=1S/C33H33Cl2N11O3S/c1-2-12-44(33(49)37-15-20-8-11-23(34)24(35)13-20)45-18-28(47)46-25(14-19-6-9-21(10-7-19)30-39-41-42-40-30)31(48)43(17-27(45)46)16-22-4-3-5-26-29(22)38-32(36)50-26/h3-11,13,25,27H,2,12,14-18H2,1H3,(H2,36,38)(H,37,49)(H,39,40,41,42)/t25-,27+/m0/s1. The number of para-hydroxylation sites is 1. The lowest BCUT2D eigenvalue weighted by Crippen LogP contribution is -2.66. The molecule has 0 radical (unpaired) electrons. The molecule has 5 aromatic rings. The number of amides is 4. The zero-order chi connectivity index (χ0) is 34.9. The molecule has 50 heavy (non-hydrogen) atoms. The normalized spacial score (nSPS) is 17.8. The monoisotopic (exact) mass is 733 g/mol. The van der Waals surface area contributed by atoms with Crippen LogP contribution in [0.3, 0.4) is 0 Å². The number of aromatic amines is 1. The number of nitrogens with zero attached hydrogens (tertiary/aromatic N) is 8. The van der Waals surface area contributed by atoms with Crippen LogP contribution in [0, 0.1) is 0 Å². The van der Waals surface area contributed by atoms with E-state index in [1.807, 2.05) is 49.4 Å². The smallest absolute Gasteiger partial charge is 0.332 e. The number of hydrogen-bond donors (Lipinski definition) is 3. The van der Waals surface area contributed by atoms with Crippen molar-refractivity contribution in [2.45, 2.75) is 45.1 Å². The van der Waals surface area contributed by atoms with Crippen LogP contribution < -0.4 is 11.1 Å². The first-order valence-electron chi connectivity index (χ1n) is 16.0. The van der Waals surface area contributed by atoms with Crippen LogP contribution in [-0.4, -0.2) is 95.1 Å². The third kappa shape index (κ3) is 6.68. The summed E-state index contributed by atoms with van der Waals surface area (Å²) in [6.45, 7) is 2.93. The number of hydrogen-bond acceptors (Lipinski definition) is 10. The minimum absolute atomic E-state index is 0.0574. The van der Waals surface area contributed by atoms with Crippen LogP contribution in [0.4, 0.5) is 9.93 Å².